The van der Waals surface area contributed by atoms with Crippen molar-refractivity contribution in [2.45, 2.75) is 43.8 Å². The van der Waals surface area contributed by atoms with E-state index in [4.69, 9.17) is 21.7 Å². The predicted octanol–water partition coefficient (Wildman–Crippen LogP) is -1.27. The lowest BCUT2D eigenvalue weighted by molar-refractivity contribution is -0.143. The van der Waals surface area contributed by atoms with E-state index in [0.717, 1.165) is 12.0 Å². The van der Waals surface area contributed by atoms with Gasteiger partial charge in [0.05, 0.1) is 12.6 Å². The maximum atomic E-state index is 12.5. The Kier molecular flexibility index (Phi) is 10.0. The highest BCUT2D eigenvalue weighted by Gasteiger charge is 2.27. The smallest absolute Gasteiger partial charge is 0.328 e. The van der Waals surface area contributed by atoms with Gasteiger partial charge in [-0.2, -0.15) is 0 Å². The molecule has 2 amide bonds. The highest BCUT2D eigenvalue weighted by atomic mass is 16.4. The number of carbonyl (C=O) groups is 3. The van der Waals surface area contributed by atoms with Crippen molar-refractivity contribution in [1.82, 2.24) is 10.6 Å². The number of amides is 2. The van der Waals surface area contributed by atoms with Crippen molar-refractivity contribution < 1.29 is 24.6 Å². The van der Waals surface area contributed by atoms with Crippen LogP contribution in [0.4, 0.5) is 0 Å². The van der Waals surface area contributed by atoms with Crippen LogP contribution in [0.1, 0.15) is 24.8 Å². The van der Waals surface area contributed by atoms with E-state index >= 15 is 0 Å². The van der Waals surface area contributed by atoms with E-state index in [1.165, 1.54) is 0 Å². The van der Waals surface area contributed by atoms with Crippen LogP contribution in [0.5, 0.6) is 0 Å². The fourth-order valence-electron chi connectivity index (χ4n) is 2.44. The third-order valence-corrected chi connectivity index (χ3v) is 4.02. The maximum absolute atomic E-state index is 12.5. The minimum atomic E-state index is -1.45. The zero-order valence-corrected chi connectivity index (χ0v) is 15.1. The molecule has 3 unspecified atom stereocenters. The van der Waals surface area contributed by atoms with Crippen LogP contribution in [0.2, 0.25) is 0 Å². The van der Waals surface area contributed by atoms with E-state index in [9.17, 15) is 14.4 Å². The first kappa shape index (κ1) is 22.6. The van der Waals surface area contributed by atoms with Gasteiger partial charge in [0.15, 0.2) is 0 Å². The largest absolute Gasteiger partial charge is 0.480 e. The second-order valence-corrected chi connectivity index (χ2v) is 6.22. The first-order valence-corrected chi connectivity index (χ1v) is 8.83. The molecule has 150 valence electrons. The average molecular weight is 380 g/mol. The Morgan fingerprint density at radius 2 is 1.63 bits per heavy atom. The number of aliphatic hydroxyl groups is 1. The van der Waals surface area contributed by atoms with E-state index in [1.54, 1.807) is 24.3 Å². The lowest BCUT2D eigenvalue weighted by Gasteiger charge is -2.22. The monoisotopic (exact) mass is 380 g/mol. The molecule has 0 aliphatic carbocycles. The van der Waals surface area contributed by atoms with Gasteiger partial charge in [-0.3, -0.25) is 9.59 Å². The lowest BCUT2D eigenvalue weighted by Crippen LogP contribution is -2.55. The Hall–Kier alpha value is -2.49. The summed E-state index contributed by atoms with van der Waals surface area (Å²) >= 11 is 0. The highest BCUT2D eigenvalue weighted by Crippen LogP contribution is 2.05. The van der Waals surface area contributed by atoms with Crippen molar-refractivity contribution in [2.75, 3.05) is 13.2 Å². The van der Waals surface area contributed by atoms with Crippen molar-refractivity contribution in [3.05, 3.63) is 35.9 Å². The fourth-order valence-corrected chi connectivity index (χ4v) is 2.44. The molecular formula is C18H28N4O5. The number of benzene rings is 1. The van der Waals surface area contributed by atoms with Gasteiger partial charge in [0.2, 0.25) is 11.8 Å². The lowest BCUT2D eigenvalue weighted by atomic mass is 10.0. The number of carbonyl (C=O) groups excluding carboxylic acids is 2. The highest BCUT2D eigenvalue weighted by molar-refractivity contribution is 5.92. The van der Waals surface area contributed by atoms with Crippen LogP contribution in [0.25, 0.3) is 0 Å². The maximum Gasteiger partial charge on any atom is 0.328 e. The summed E-state index contributed by atoms with van der Waals surface area (Å²) in [6.45, 7) is -0.253. The van der Waals surface area contributed by atoms with Crippen LogP contribution in [-0.4, -0.2) is 59.3 Å². The molecule has 3 atom stereocenters. The second-order valence-electron chi connectivity index (χ2n) is 6.22. The van der Waals surface area contributed by atoms with Crippen molar-refractivity contribution >= 4 is 17.8 Å². The van der Waals surface area contributed by atoms with Crippen LogP contribution in [0.15, 0.2) is 30.3 Å². The Bertz CT molecular complexity index is 611. The van der Waals surface area contributed by atoms with Crippen molar-refractivity contribution in [2.24, 2.45) is 11.5 Å². The summed E-state index contributed by atoms with van der Waals surface area (Å²) in [6, 6.07) is 5.70. The van der Waals surface area contributed by atoms with Gasteiger partial charge in [-0.25, -0.2) is 4.79 Å². The molecule has 9 heteroatoms. The fraction of sp³-hybridized carbons (Fsp3) is 0.500. The van der Waals surface area contributed by atoms with Gasteiger partial charge in [0.1, 0.15) is 12.1 Å². The van der Waals surface area contributed by atoms with Crippen LogP contribution < -0.4 is 22.1 Å². The Morgan fingerprint density at radius 3 is 2.19 bits per heavy atom. The van der Waals surface area contributed by atoms with E-state index in [2.05, 4.69) is 10.6 Å². The van der Waals surface area contributed by atoms with E-state index in [-0.39, 0.29) is 6.42 Å². The molecule has 0 aliphatic heterocycles. The van der Waals surface area contributed by atoms with Gasteiger partial charge < -0.3 is 32.3 Å². The molecule has 0 saturated heterocycles. The Labute approximate surface area is 158 Å². The Morgan fingerprint density at radius 1 is 1.00 bits per heavy atom. The molecule has 0 aliphatic rings. The summed E-state index contributed by atoms with van der Waals surface area (Å²) in [7, 11) is 0. The summed E-state index contributed by atoms with van der Waals surface area (Å²) < 4.78 is 0. The van der Waals surface area contributed by atoms with E-state index < -0.39 is 42.5 Å². The molecule has 0 saturated carbocycles. The number of aliphatic carboxylic acids is 1. The number of nitrogens with one attached hydrogen (secondary N) is 2. The first-order valence-electron chi connectivity index (χ1n) is 8.83. The molecule has 0 heterocycles. The number of aliphatic hydroxyl groups excluding tert-OH is 1. The molecule has 0 spiro atoms. The molecule has 9 nitrogen and oxygen atoms in total. The number of hydrogen-bond donors (Lipinski definition) is 6. The quantitative estimate of drug-likeness (QED) is 0.246. The van der Waals surface area contributed by atoms with Crippen molar-refractivity contribution in [3.63, 3.8) is 0 Å². The molecule has 8 N–H and O–H groups in total. The zero-order chi connectivity index (χ0) is 20.2. The third kappa shape index (κ3) is 8.16. The minimum Gasteiger partial charge on any atom is -0.480 e. The molecular weight excluding hydrogens is 352 g/mol. The number of hydrogen-bond acceptors (Lipinski definition) is 6. The SMILES string of the molecule is NCCCCC(N)C(=O)NC(Cc1ccccc1)C(=O)NC(CO)C(=O)O. The molecule has 0 radical (unpaired) electrons. The predicted molar refractivity (Wildman–Crippen MR) is 99.6 cm³/mol. The van der Waals surface area contributed by atoms with Gasteiger partial charge >= 0.3 is 5.97 Å². The van der Waals surface area contributed by atoms with Gasteiger partial charge in [-0.15, -0.1) is 0 Å². The van der Waals surface area contributed by atoms with Gasteiger partial charge in [-0.05, 0) is 24.9 Å². The normalized spacial score (nSPS) is 14.0. The number of carboxylic acids is 1. The van der Waals surface area contributed by atoms with Crippen molar-refractivity contribution in [3.8, 4) is 0 Å². The van der Waals surface area contributed by atoms with E-state index in [1.807, 2.05) is 6.07 Å². The number of nitrogens with two attached hydrogens (primary N) is 2. The Balaban J connectivity index is 2.82. The topological polar surface area (TPSA) is 168 Å². The summed E-state index contributed by atoms with van der Waals surface area (Å²) in [5.74, 6) is -2.57. The minimum absolute atomic E-state index is 0.158. The molecule has 1 rings (SSSR count). The summed E-state index contributed by atoms with van der Waals surface area (Å²) in [5, 5.41) is 22.9. The van der Waals surface area contributed by atoms with Gasteiger partial charge in [-0.1, -0.05) is 36.8 Å². The first-order chi connectivity index (χ1) is 12.9. The van der Waals surface area contributed by atoms with Crippen LogP contribution in [-0.2, 0) is 20.8 Å². The number of rotatable bonds is 12. The van der Waals surface area contributed by atoms with Crippen LogP contribution in [0.3, 0.4) is 0 Å². The molecule has 0 aromatic heterocycles. The standard InChI is InChI=1S/C18H28N4O5/c19-9-5-4-8-13(20)16(24)21-14(10-12-6-2-1-3-7-12)17(25)22-15(11-23)18(26)27/h1-3,6-7,13-15,23H,4-5,8-11,19-20H2,(H,21,24)(H,22,25)(H,26,27). The number of carboxylic acid groups (broad SMARTS) is 1. The van der Waals surface area contributed by atoms with Crippen LogP contribution >= 0.6 is 0 Å². The number of unbranched alkanes of at least 4 members (excludes halogenated alkanes) is 1. The summed E-state index contributed by atoms with van der Waals surface area (Å²) in [4.78, 5) is 35.8. The van der Waals surface area contributed by atoms with E-state index in [0.29, 0.717) is 19.4 Å². The molecule has 1 aromatic carbocycles. The third-order valence-electron chi connectivity index (χ3n) is 4.02. The molecule has 0 bridgehead atoms. The molecule has 27 heavy (non-hydrogen) atoms. The summed E-state index contributed by atoms with van der Waals surface area (Å²) in [5.41, 5.74) is 12.1. The summed E-state index contributed by atoms with van der Waals surface area (Å²) in [6.07, 6.45) is 2.01. The molecule has 0 fully saturated rings. The average Bonchev–Trinajstić information content (AvgIpc) is 2.65. The zero-order valence-electron chi connectivity index (χ0n) is 15.1. The van der Waals surface area contributed by atoms with Crippen LogP contribution in [0, 0.1) is 0 Å². The molecule has 1 aromatic rings. The van der Waals surface area contributed by atoms with Gasteiger partial charge in [0.25, 0.3) is 0 Å². The van der Waals surface area contributed by atoms with Crippen molar-refractivity contribution in [1.29, 1.82) is 0 Å². The second kappa shape index (κ2) is 12.0. The van der Waals surface area contributed by atoms with Gasteiger partial charge in [0, 0.05) is 6.42 Å².